The third-order valence-electron chi connectivity index (χ3n) is 3.60. The van der Waals surface area contributed by atoms with Gasteiger partial charge in [-0.3, -0.25) is 14.8 Å². The fraction of sp³-hybridized carbons (Fsp3) is 0.200. The van der Waals surface area contributed by atoms with Crippen LogP contribution in [-0.2, 0) is 6.42 Å². The lowest BCUT2D eigenvalue weighted by Gasteiger charge is -2.11. The molecule has 1 aliphatic carbocycles. The van der Waals surface area contributed by atoms with E-state index in [0.717, 1.165) is 14.9 Å². The summed E-state index contributed by atoms with van der Waals surface area (Å²) in [5.41, 5.74) is 2.64. The van der Waals surface area contributed by atoms with Crippen molar-refractivity contribution in [3.8, 4) is 0 Å². The van der Waals surface area contributed by atoms with Gasteiger partial charge in [-0.25, -0.2) is 9.87 Å². The van der Waals surface area contributed by atoms with E-state index >= 15 is 0 Å². The van der Waals surface area contributed by atoms with Crippen LogP contribution in [0.1, 0.15) is 38.4 Å². The highest BCUT2D eigenvalue weighted by Crippen LogP contribution is 2.39. The minimum absolute atomic E-state index is 0.0284. The highest BCUT2D eigenvalue weighted by molar-refractivity contribution is 14.1. The Kier molecular flexibility index (Phi) is 4.64. The predicted octanol–water partition coefficient (Wildman–Crippen LogP) is 3.87. The number of hydrogen-bond acceptors (Lipinski definition) is 5. The zero-order valence-corrected chi connectivity index (χ0v) is 14.8. The Hall–Kier alpha value is -1.52. The lowest BCUT2D eigenvalue weighted by Crippen LogP contribution is -2.21. The van der Waals surface area contributed by atoms with Crippen molar-refractivity contribution in [2.75, 3.05) is 5.32 Å². The van der Waals surface area contributed by atoms with Crippen LogP contribution in [0.3, 0.4) is 0 Å². The summed E-state index contributed by atoms with van der Waals surface area (Å²) >= 11 is 3.12. The van der Waals surface area contributed by atoms with Crippen molar-refractivity contribution >= 4 is 56.3 Å². The van der Waals surface area contributed by atoms with Crippen molar-refractivity contribution in [1.82, 2.24) is 5.48 Å². The maximum atomic E-state index is 14.0. The van der Waals surface area contributed by atoms with Crippen LogP contribution in [0.5, 0.6) is 0 Å². The van der Waals surface area contributed by atoms with Gasteiger partial charge in [-0.1, -0.05) is 0 Å². The van der Waals surface area contributed by atoms with E-state index in [1.807, 2.05) is 22.6 Å². The summed E-state index contributed by atoms with van der Waals surface area (Å²) in [6.45, 7) is 0. The van der Waals surface area contributed by atoms with Gasteiger partial charge in [0, 0.05) is 9.99 Å². The average molecular weight is 446 g/mol. The summed E-state index contributed by atoms with van der Waals surface area (Å²) in [7, 11) is 0. The van der Waals surface area contributed by atoms with Gasteiger partial charge < -0.3 is 5.32 Å². The van der Waals surface area contributed by atoms with E-state index in [9.17, 15) is 14.0 Å². The summed E-state index contributed by atoms with van der Waals surface area (Å²) in [5.74, 6) is -1.19. The maximum Gasteiger partial charge on any atom is 0.277 e. The number of benzene rings is 1. The summed E-state index contributed by atoms with van der Waals surface area (Å²) in [5, 5.41) is 12.2. The Balaban J connectivity index is 2.07. The second-order valence-corrected chi connectivity index (χ2v) is 7.35. The van der Waals surface area contributed by atoms with E-state index in [2.05, 4.69) is 5.32 Å². The Labute approximate surface area is 149 Å². The van der Waals surface area contributed by atoms with Crippen molar-refractivity contribution in [3.63, 3.8) is 0 Å². The molecule has 0 bridgehead atoms. The second kappa shape index (κ2) is 6.54. The van der Waals surface area contributed by atoms with Gasteiger partial charge >= 0.3 is 0 Å². The van der Waals surface area contributed by atoms with E-state index in [1.165, 1.54) is 6.07 Å². The number of Topliss-reactive ketones (excluding diaryl/α,β-unsaturated/α-hetero) is 1. The zero-order chi connectivity index (χ0) is 16.6. The Morgan fingerprint density at radius 2 is 2.13 bits per heavy atom. The molecule has 3 rings (SSSR count). The molecule has 1 heterocycles. The summed E-state index contributed by atoms with van der Waals surface area (Å²) < 4.78 is 14.8. The molecule has 0 spiro atoms. The van der Waals surface area contributed by atoms with E-state index in [1.54, 1.807) is 17.6 Å². The third kappa shape index (κ3) is 3.10. The summed E-state index contributed by atoms with van der Waals surface area (Å²) in [4.78, 5) is 24.5. The fourth-order valence-corrected chi connectivity index (χ4v) is 4.24. The van der Waals surface area contributed by atoms with E-state index < -0.39 is 11.7 Å². The first-order chi connectivity index (χ1) is 11.0. The molecule has 1 aliphatic rings. The molecule has 1 aromatic carbocycles. The number of nitrogens with one attached hydrogen (secondary N) is 2. The van der Waals surface area contributed by atoms with Gasteiger partial charge in [0.25, 0.3) is 5.91 Å². The lowest BCUT2D eigenvalue weighted by atomic mass is 9.94. The zero-order valence-electron chi connectivity index (χ0n) is 11.8. The molecule has 0 unspecified atom stereocenters. The molecule has 0 fully saturated rings. The molecule has 120 valence electrons. The van der Waals surface area contributed by atoms with Crippen LogP contribution < -0.4 is 10.8 Å². The number of ketones is 1. The predicted molar refractivity (Wildman–Crippen MR) is 93.2 cm³/mol. The van der Waals surface area contributed by atoms with Crippen LogP contribution in [0.15, 0.2) is 18.2 Å². The number of thiophene rings is 1. The first kappa shape index (κ1) is 16.3. The fourth-order valence-electron chi connectivity index (χ4n) is 2.57. The number of rotatable bonds is 3. The normalized spacial score (nSPS) is 13.6. The highest BCUT2D eigenvalue weighted by atomic mass is 127. The number of hydrogen-bond donors (Lipinski definition) is 3. The van der Waals surface area contributed by atoms with Gasteiger partial charge in [0.2, 0.25) is 0 Å². The van der Waals surface area contributed by atoms with Crippen LogP contribution in [-0.4, -0.2) is 16.9 Å². The number of carbonyl (C=O) groups excluding carboxylic acids is 2. The van der Waals surface area contributed by atoms with Crippen LogP contribution >= 0.6 is 33.9 Å². The molecule has 23 heavy (non-hydrogen) atoms. The molecule has 0 atom stereocenters. The van der Waals surface area contributed by atoms with Crippen molar-refractivity contribution in [1.29, 1.82) is 0 Å². The molecule has 0 radical (unpaired) electrons. The van der Waals surface area contributed by atoms with Crippen molar-refractivity contribution in [2.45, 2.75) is 19.3 Å². The van der Waals surface area contributed by atoms with Gasteiger partial charge in [0.15, 0.2) is 5.78 Å². The van der Waals surface area contributed by atoms with E-state index in [-0.39, 0.29) is 17.0 Å². The molecule has 0 saturated carbocycles. The molecule has 8 heteroatoms. The van der Waals surface area contributed by atoms with Crippen LogP contribution in [0.2, 0.25) is 0 Å². The number of anilines is 2. The van der Waals surface area contributed by atoms with E-state index in [4.69, 9.17) is 5.21 Å². The SMILES string of the molecule is O=C1CCCc2c1sc(Nc1ccc(I)cc1F)c2C(=O)NO. The molecule has 3 N–H and O–H groups in total. The number of fused-ring (bicyclic) bond motifs is 1. The molecular weight excluding hydrogens is 434 g/mol. The minimum Gasteiger partial charge on any atom is -0.344 e. The first-order valence-corrected chi connectivity index (χ1v) is 8.76. The quantitative estimate of drug-likeness (QED) is 0.380. The van der Waals surface area contributed by atoms with Crippen LogP contribution in [0, 0.1) is 9.39 Å². The second-order valence-electron chi connectivity index (χ2n) is 5.08. The molecule has 0 aliphatic heterocycles. The van der Waals surface area contributed by atoms with Crippen LogP contribution in [0.4, 0.5) is 15.1 Å². The monoisotopic (exact) mass is 446 g/mol. The smallest absolute Gasteiger partial charge is 0.277 e. The van der Waals surface area contributed by atoms with E-state index in [0.29, 0.717) is 34.7 Å². The Bertz CT molecular complexity index is 806. The van der Waals surface area contributed by atoms with Crippen molar-refractivity contribution in [3.05, 3.63) is 43.6 Å². The number of amides is 1. The maximum absolute atomic E-state index is 14.0. The molecule has 0 saturated heterocycles. The highest BCUT2D eigenvalue weighted by Gasteiger charge is 2.29. The summed E-state index contributed by atoms with van der Waals surface area (Å²) in [6.07, 6.45) is 1.67. The summed E-state index contributed by atoms with van der Waals surface area (Å²) in [6, 6.07) is 4.67. The molecule has 2 aromatic rings. The van der Waals surface area contributed by atoms with Gasteiger partial charge in [-0.2, -0.15) is 0 Å². The molecule has 1 amide bonds. The molecular formula is C15H12FIN2O3S. The van der Waals surface area contributed by atoms with Crippen LogP contribution in [0.25, 0.3) is 0 Å². The first-order valence-electron chi connectivity index (χ1n) is 6.86. The van der Waals surface area contributed by atoms with Gasteiger partial charge in [0.05, 0.1) is 16.1 Å². The average Bonchev–Trinajstić information content (AvgIpc) is 2.89. The lowest BCUT2D eigenvalue weighted by molar-refractivity contribution is 0.0706. The standard InChI is InChI=1S/C15H12FIN2O3S/c16-9-6-7(17)4-5-10(9)18-15-12(14(21)19-22)8-2-1-3-11(20)13(8)23-15/h4-6,18,22H,1-3H2,(H,19,21). The molecule has 5 nitrogen and oxygen atoms in total. The number of halogens is 2. The topological polar surface area (TPSA) is 78.4 Å². The largest absolute Gasteiger partial charge is 0.344 e. The minimum atomic E-state index is -0.703. The third-order valence-corrected chi connectivity index (χ3v) is 5.46. The van der Waals surface area contributed by atoms with Gasteiger partial charge in [-0.15, -0.1) is 11.3 Å². The van der Waals surface area contributed by atoms with Crippen molar-refractivity contribution < 1.29 is 19.2 Å². The Morgan fingerprint density at radius 3 is 2.83 bits per heavy atom. The van der Waals surface area contributed by atoms with Gasteiger partial charge in [0.1, 0.15) is 10.8 Å². The molecule has 1 aromatic heterocycles. The Morgan fingerprint density at radius 1 is 1.35 bits per heavy atom. The van der Waals surface area contributed by atoms with Crippen molar-refractivity contribution in [2.24, 2.45) is 0 Å². The number of carbonyl (C=O) groups is 2. The van der Waals surface area contributed by atoms with Gasteiger partial charge in [-0.05, 0) is 59.2 Å². The number of hydroxylamine groups is 1.